The van der Waals surface area contributed by atoms with Crippen LogP contribution in [-0.2, 0) is 5.48 Å². The number of hydrogen-bond donors (Lipinski definition) is 0. The molecule has 0 aliphatic rings. The van der Waals surface area contributed by atoms with Crippen molar-refractivity contribution in [3.63, 3.8) is 0 Å². The molecular weight excluding hydrogens is 322 g/mol. The minimum absolute atomic E-state index is 0. The second-order valence-electron chi connectivity index (χ2n) is 0. The molecule has 0 saturated heterocycles. The topological polar surface area (TPSA) is 28.5 Å². The molecule has 4 radical (unpaired) electrons. The minimum Gasteiger partial charge on any atom is -2.00 e. The van der Waals surface area contributed by atoms with Gasteiger partial charge in [0, 0.05) is 17.6 Å². The van der Waals surface area contributed by atoms with Crippen LogP contribution in [0.3, 0.4) is 0 Å². The zero-order chi connectivity index (χ0) is 0. The molecule has 0 aromatic rings. The Balaban J connectivity index is 0. The zero-order valence-corrected chi connectivity index (χ0v) is 10.2. The Kier molecular flexibility index (Phi) is 167. The SMILES string of the molecule is [Ge].[In+3].[O-2].[Sn+4]. The molecule has 0 spiro atoms. The Morgan fingerprint density at radius 3 is 1.00 bits per heavy atom. The van der Waals surface area contributed by atoms with Gasteiger partial charge in [0.1, 0.15) is 0 Å². The molecule has 4 heavy (non-hydrogen) atoms. The van der Waals surface area contributed by atoms with Crippen LogP contribution >= 0.6 is 0 Å². The van der Waals surface area contributed by atoms with Crippen LogP contribution in [0.5, 0.6) is 0 Å². The van der Waals surface area contributed by atoms with Crippen LogP contribution in [0.4, 0.5) is 0 Å². The Morgan fingerprint density at radius 1 is 1.00 bits per heavy atom. The summed E-state index contributed by atoms with van der Waals surface area (Å²) in [6.45, 7) is 0. The predicted octanol–water partition coefficient (Wildman–Crippen LogP) is -1.26. The normalized spacial score (nSPS) is 0. The van der Waals surface area contributed by atoms with Gasteiger partial charge in [0.15, 0.2) is 0 Å². The van der Waals surface area contributed by atoms with Gasteiger partial charge in [0.25, 0.3) is 0 Å². The largest absolute Gasteiger partial charge is 4.00 e. The summed E-state index contributed by atoms with van der Waals surface area (Å²) in [6, 6.07) is 0. The average molecular weight is 322 g/mol. The summed E-state index contributed by atoms with van der Waals surface area (Å²) < 4.78 is 0. The van der Waals surface area contributed by atoms with Crippen molar-refractivity contribution in [2.24, 2.45) is 0 Å². The van der Waals surface area contributed by atoms with Crippen molar-refractivity contribution >= 4 is 67.3 Å². The molecule has 0 unspecified atom stereocenters. The molecule has 0 saturated carbocycles. The van der Waals surface area contributed by atoms with Crippen LogP contribution < -0.4 is 0 Å². The second kappa shape index (κ2) is 19.1. The summed E-state index contributed by atoms with van der Waals surface area (Å²) in [5.74, 6) is 0. The monoisotopic (exact) mass is 325 g/mol. The van der Waals surface area contributed by atoms with E-state index in [1.807, 2.05) is 0 Å². The Morgan fingerprint density at radius 2 is 1.00 bits per heavy atom. The molecule has 0 aliphatic heterocycles. The van der Waals surface area contributed by atoms with Crippen LogP contribution in [0.25, 0.3) is 0 Å². The van der Waals surface area contributed by atoms with Crippen LogP contribution in [0.1, 0.15) is 0 Å². The predicted molar refractivity (Wildman–Crippen MR) is 17.9 cm³/mol. The second-order valence-corrected chi connectivity index (χ2v) is 0. The van der Waals surface area contributed by atoms with E-state index in [1.54, 1.807) is 0 Å². The number of rotatable bonds is 0. The standard InChI is InChI=1S/Ge.In.O.Sn/q;+3;-2;+4. The molecule has 0 rings (SSSR count). The van der Waals surface area contributed by atoms with Crippen LogP contribution in [0.2, 0.25) is 0 Å². The maximum absolute atomic E-state index is 0. The quantitative estimate of drug-likeness (QED) is 0.498. The van der Waals surface area contributed by atoms with Crippen molar-refractivity contribution in [1.29, 1.82) is 0 Å². The maximum Gasteiger partial charge on any atom is 4.00 e. The molecule has 4 heteroatoms. The van der Waals surface area contributed by atoms with Gasteiger partial charge < -0.3 is 5.48 Å². The van der Waals surface area contributed by atoms with Crippen molar-refractivity contribution < 1.29 is 5.48 Å². The first-order chi connectivity index (χ1) is 0. The van der Waals surface area contributed by atoms with Gasteiger partial charge in [-0.2, -0.15) is 0 Å². The molecule has 0 heterocycles. The maximum atomic E-state index is 0. The summed E-state index contributed by atoms with van der Waals surface area (Å²) >= 11 is 0. The van der Waals surface area contributed by atoms with E-state index < -0.39 is 0 Å². The average Bonchev–Trinajstić information content (AvgIpc) is 0. The fraction of sp³-hybridized carbons (Fsp3) is 0. The summed E-state index contributed by atoms with van der Waals surface area (Å²) in [6.07, 6.45) is 0. The Labute approximate surface area is 71.9 Å². The van der Waals surface area contributed by atoms with Gasteiger partial charge in [-0.3, -0.25) is 0 Å². The summed E-state index contributed by atoms with van der Waals surface area (Å²) in [5, 5.41) is 0. The molecule has 0 bridgehead atoms. The first-order valence-electron chi connectivity index (χ1n) is 0. The molecule has 0 fully saturated rings. The van der Waals surface area contributed by atoms with Crippen LogP contribution in [0.15, 0.2) is 0 Å². The van der Waals surface area contributed by atoms with Gasteiger partial charge in [0.05, 0.1) is 0 Å². The number of hydrogen-bond acceptors (Lipinski definition) is 0. The minimum atomic E-state index is 0. The third kappa shape index (κ3) is 8.90. The molecule has 0 aromatic heterocycles. The molecule has 0 amide bonds. The van der Waals surface area contributed by atoms with Crippen molar-refractivity contribution in [2.45, 2.75) is 0 Å². The first kappa shape index (κ1) is 35.0. The van der Waals surface area contributed by atoms with E-state index in [0.717, 1.165) is 0 Å². The van der Waals surface area contributed by atoms with E-state index in [-0.39, 0.29) is 72.8 Å². The Hall–Kier alpha value is 2.17. The molecule has 0 N–H and O–H groups in total. The van der Waals surface area contributed by atoms with Gasteiger partial charge in [-0.15, -0.1) is 0 Å². The van der Waals surface area contributed by atoms with Gasteiger partial charge >= 0.3 is 49.8 Å². The molecule has 0 aromatic carbocycles. The summed E-state index contributed by atoms with van der Waals surface area (Å²) in [5.41, 5.74) is 0. The van der Waals surface area contributed by atoms with E-state index in [9.17, 15) is 0 Å². The van der Waals surface area contributed by atoms with Crippen molar-refractivity contribution in [2.75, 3.05) is 0 Å². The van der Waals surface area contributed by atoms with E-state index in [2.05, 4.69) is 0 Å². The van der Waals surface area contributed by atoms with Crippen molar-refractivity contribution in [3.8, 4) is 0 Å². The van der Waals surface area contributed by atoms with E-state index >= 15 is 0 Å². The van der Waals surface area contributed by atoms with E-state index in [4.69, 9.17) is 0 Å². The Bertz CT molecular complexity index is 8.00. The van der Waals surface area contributed by atoms with Gasteiger partial charge in [0.2, 0.25) is 0 Å². The van der Waals surface area contributed by atoms with E-state index in [0.29, 0.717) is 0 Å². The smallest absolute Gasteiger partial charge is 2.00 e. The molecule has 1 nitrogen and oxygen atoms in total. The molecule has 0 atom stereocenters. The van der Waals surface area contributed by atoms with Crippen molar-refractivity contribution in [1.82, 2.24) is 0 Å². The molecular formula is GeInOSn+5. The third-order valence-corrected chi connectivity index (χ3v) is 0. The fourth-order valence-electron chi connectivity index (χ4n) is 0. The van der Waals surface area contributed by atoms with Gasteiger partial charge in [-0.05, 0) is 0 Å². The van der Waals surface area contributed by atoms with Crippen LogP contribution in [0, 0.1) is 0 Å². The summed E-state index contributed by atoms with van der Waals surface area (Å²) in [4.78, 5) is 0. The summed E-state index contributed by atoms with van der Waals surface area (Å²) in [7, 11) is 0. The first-order valence-corrected chi connectivity index (χ1v) is 0. The van der Waals surface area contributed by atoms with Gasteiger partial charge in [-0.25, -0.2) is 0 Å². The van der Waals surface area contributed by atoms with E-state index in [1.165, 1.54) is 0 Å². The molecule has 12 valence electrons. The zero-order valence-electron chi connectivity index (χ0n) is 1.99. The van der Waals surface area contributed by atoms with Gasteiger partial charge in [-0.1, -0.05) is 0 Å². The fourth-order valence-corrected chi connectivity index (χ4v) is 0. The third-order valence-electron chi connectivity index (χ3n) is 0. The van der Waals surface area contributed by atoms with Crippen LogP contribution in [-0.4, -0.2) is 67.3 Å². The molecule has 0 aliphatic carbocycles. The van der Waals surface area contributed by atoms with Crippen molar-refractivity contribution in [3.05, 3.63) is 0 Å².